The topological polar surface area (TPSA) is 87.5 Å². The first-order valence-corrected chi connectivity index (χ1v) is 8.18. The highest BCUT2D eigenvalue weighted by atomic mass is 16.4. The normalized spacial score (nSPS) is 11.1. The zero-order valence-corrected chi connectivity index (χ0v) is 14.8. The molecule has 1 heterocycles. The number of amides is 1. The highest BCUT2D eigenvalue weighted by molar-refractivity contribution is 5.91. The van der Waals surface area contributed by atoms with Crippen molar-refractivity contribution in [1.29, 1.82) is 0 Å². The van der Waals surface area contributed by atoms with Gasteiger partial charge in [-0.15, -0.1) is 0 Å². The molecule has 7 heteroatoms. The van der Waals surface area contributed by atoms with Gasteiger partial charge in [-0.1, -0.05) is 29.8 Å². The quantitative estimate of drug-likeness (QED) is 0.764. The Morgan fingerprint density at radius 3 is 2.68 bits per heavy atom. The summed E-state index contributed by atoms with van der Waals surface area (Å²) >= 11 is 0. The Kier molecular flexibility index (Phi) is 6.30. The average molecular weight is 344 g/mol. The zero-order chi connectivity index (χ0) is 18.4. The molecule has 1 amide bonds. The number of rotatable bonds is 8. The number of carboxylic acid groups (broad SMARTS) is 1. The van der Waals surface area contributed by atoms with Crippen molar-refractivity contribution in [1.82, 2.24) is 14.7 Å². The number of hydrogen-bond donors (Lipinski definition) is 2. The number of carbonyl (C=O) groups excluding carboxylic acids is 1. The van der Waals surface area contributed by atoms with E-state index in [0.29, 0.717) is 12.4 Å². The fourth-order valence-electron chi connectivity index (χ4n) is 2.51. The number of aryl methyl sites for hydroxylation is 1. The maximum Gasteiger partial charge on any atom is 0.317 e. The standard InChI is InChI=1S/C18H24N4O3/c1-13(2)21(12-18(24)25)11-17(23)20-16-7-8-19-22(16)10-15-6-4-5-14(3)9-15/h4-9,13H,10-12H2,1-3H3,(H,20,23)(H,24,25). The van der Waals surface area contributed by atoms with Crippen LogP contribution in [0.3, 0.4) is 0 Å². The van der Waals surface area contributed by atoms with Crippen molar-refractivity contribution in [2.24, 2.45) is 0 Å². The summed E-state index contributed by atoms with van der Waals surface area (Å²) in [5.41, 5.74) is 2.25. The third-order valence-corrected chi connectivity index (χ3v) is 3.81. The minimum absolute atomic E-state index is 0.0135. The van der Waals surface area contributed by atoms with Gasteiger partial charge in [-0.05, 0) is 26.3 Å². The second-order valence-corrected chi connectivity index (χ2v) is 6.30. The number of nitrogens with zero attached hydrogens (tertiary/aromatic N) is 3. The molecule has 0 radical (unpaired) electrons. The first-order chi connectivity index (χ1) is 11.8. The molecule has 25 heavy (non-hydrogen) atoms. The summed E-state index contributed by atoms with van der Waals surface area (Å²) in [5.74, 6) is -0.627. The summed E-state index contributed by atoms with van der Waals surface area (Å²) in [7, 11) is 0. The highest BCUT2D eigenvalue weighted by Gasteiger charge is 2.18. The van der Waals surface area contributed by atoms with Crippen LogP contribution < -0.4 is 5.32 Å². The Balaban J connectivity index is 2.02. The number of hydrogen-bond acceptors (Lipinski definition) is 4. The summed E-state index contributed by atoms with van der Waals surface area (Å²) < 4.78 is 1.71. The molecule has 7 nitrogen and oxygen atoms in total. The van der Waals surface area contributed by atoms with Crippen LogP contribution in [0.1, 0.15) is 25.0 Å². The van der Waals surface area contributed by atoms with Crippen LogP contribution in [0.2, 0.25) is 0 Å². The maximum atomic E-state index is 12.3. The first-order valence-electron chi connectivity index (χ1n) is 8.18. The predicted molar refractivity (Wildman–Crippen MR) is 95.5 cm³/mol. The largest absolute Gasteiger partial charge is 0.480 e. The molecule has 0 fully saturated rings. The summed E-state index contributed by atoms with van der Waals surface area (Å²) in [6, 6.07) is 9.77. The van der Waals surface area contributed by atoms with E-state index < -0.39 is 5.97 Å². The molecule has 2 N–H and O–H groups in total. The molecule has 0 aliphatic rings. The number of aromatic nitrogens is 2. The van der Waals surface area contributed by atoms with Gasteiger partial charge in [-0.2, -0.15) is 5.10 Å². The molecular formula is C18H24N4O3. The lowest BCUT2D eigenvalue weighted by Crippen LogP contribution is -2.41. The number of nitrogens with one attached hydrogen (secondary N) is 1. The van der Waals surface area contributed by atoms with Crippen LogP contribution >= 0.6 is 0 Å². The van der Waals surface area contributed by atoms with E-state index in [1.807, 2.05) is 39.0 Å². The van der Waals surface area contributed by atoms with E-state index in [1.165, 1.54) is 0 Å². The lowest BCUT2D eigenvalue weighted by molar-refractivity contribution is -0.139. The van der Waals surface area contributed by atoms with Crippen LogP contribution in [0, 0.1) is 6.92 Å². The van der Waals surface area contributed by atoms with Crippen LogP contribution in [0.15, 0.2) is 36.5 Å². The number of aliphatic carboxylic acids is 1. The maximum absolute atomic E-state index is 12.3. The van der Waals surface area contributed by atoms with Crippen molar-refractivity contribution >= 4 is 17.7 Å². The van der Waals surface area contributed by atoms with Gasteiger partial charge in [-0.25, -0.2) is 4.68 Å². The smallest absolute Gasteiger partial charge is 0.317 e. The molecule has 0 saturated heterocycles. The van der Waals surface area contributed by atoms with Gasteiger partial charge in [-0.3, -0.25) is 14.5 Å². The summed E-state index contributed by atoms with van der Waals surface area (Å²) in [5, 5.41) is 16.0. The van der Waals surface area contributed by atoms with E-state index in [1.54, 1.807) is 21.8 Å². The van der Waals surface area contributed by atoms with Gasteiger partial charge in [0.1, 0.15) is 5.82 Å². The van der Waals surface area contributed by atoms with E-state index in [2.05, 4.69) is 16.5 Å². The summed E-state index contributed by atoms with van der Waals surface area (Å²) in [6.07, 6.45) is 1.63. The highest BCUT2D eigenvalue weighted by Crippen LogP contribution is 2.12. The Bertz CT molecular complexity index is 739. The van der Waals surface area contributed by atoms with Crippen LogP contribution in [0.5, 0.6) is 0 Å². The fraction of sp³-hybridized carbons (Fsp3) is 0.389. The number of anilines is 1. The zero-order valence-electron chi connectivity index (χ0n) is 14.8. The van der Waals surface area contributed by atoms with Crippen molar-refractivity contribution in [3.05, 3.63) is 47.7 Å². The molecule has 0 bridgehead atoms. The molecule has 1 aromatic heterocycles. The minimum atomic E-state index is -0.953. The van der Waals surface area contributed by atoms with E-state index in [-0.39, 0.29) is 25.0 Å². The molecule has 0 aliphatic carbocycles. The van der Waals surface area contributed by atoms with E-state index in [4.69, 9.17) is 5.11 Å². The Morgan fingerprint density at radius 2 is 2.04 bits per heavy atom. The van der Waals surface area contributed by atoms with Crippen molar-refractivity contribution < 1.29 is 14.7 Å². The molecule has 0 aliphatic heterocycles. The second-order valence-electron chi connectivity index (χ2n) is 6.30. The van der Waals surface area contributed by atoms with Gasteiger partial charge >= 0.3 is 5.97 Å². The van der Waals surface area contributed by atoms with Crippen molar-refractivity contribution in [3.63, 3.8) is 0 Å². The summed E-state index contributed by atoms with van der Waals surface area (Å²) in [6.45, 7) is 6.13. The SMILES string of the molecule is Cc1cccc(Cn2nccc2NC(=O)CN(CC(=O)O)C(C)C)c1. The van der Waals surface area contributed by atoms with Gasteiger partial charge in [0.05, 0.1) is 25.8 Å². The fourth-order valence-corrected chi connectivity index (χ4v) is 2.51. The Hall–Kier alpha value is -2.67. The molecule has 1 aromatic carbocycles. The number of carboxylic acids is 1. The van der Waals surface area contributed by atoms with Crippen molar-refractivity contribution in [2.75, 3.05) is 18.4 Å². The minimum Gasteiger partial charge on any atom is -0.480 e. The van der Waals surface area contributed by atoms with Crippen LogP contribution in [-0.4, -0.2) is 50.8 Å². The van der Waals surface area contributed by atoms with Crippen molar-refractivity contribution in [2.45, 2.75) is 33.4 Å². The molecule has 134 valence electrons. The number of benzene rings is 1. The summed E-state index contributed by atoms with van der Waals surface area (Å²) in [4.78, 5) is 24.8. The molecular weight excluding hydrogens is 320 g/mol. The van der Waals surface area contributed by atoms with Gasteiger partial charge in [0, 0.05) is 12.1 Å². The monoisotopic (exact) mass is 344 g/mol. The van der Waals surface area contributed by atoms with Gasteiger partial charge < -0.3 is 10.4 Å². The average Bonchev–Trinajstić information content (AvgIpc) is 2.93. The van der Waals surface area contributed by atoms with Crippen LogP contribution in [0.4, 0.5) is 5.82 Å². The van der Waals surface area contributed by atoms with E-state index >= 15 is 0 Å². The second kappa shape index (κ2) is 8.43. The molecule has 2 aromatic rings. The Morgan fingerprint density at radius 1 is 1.28 bits per heavy atom. The molecule has 0 spiro atoms. The first kappa shape index (κ1) is 18.7. The van der Waals surface area contributed by atoms with Gasteiger partial charge in [0.2, 0.25) is 5.91 Å². The van der Waals surface area contributed by atoms with E-state index in [0.717, 1.165) is 11.1 Å². The predicted octanol–water partition coefficient (Wildman–Crippen LogP) is 1.97. The van der Waals surface area contributed by atoms with Crippen LogP contribution in [-0.2, 0) is 16.1 Å². The third-order valence-electron chi connectivity index (χ3n) is 3.81. The number of carbonyl (C=O) groups is 2. The van der Waals surface area contributed by atoms with Crippen LogP contribution in [0.25, 0.3) is 0 Å². The molecule has 0 atom stereocenters. The lowest BCUT2D eigenvalue weighted by atomic mass is 10.1. The Labute approximate surface area is 147 Å². The van der Waals surface area contributed by atoms with Crippen molar-refractivity contribution in [3.8, 4) is 0 Å². The van der Waals surface area contributed by atoms with Gasteiger partial charge in [0.25, 0.3) is 0 Å². The molecule has 2 rings (SSSR count). The molecule has 0 saturated carbocycles. The molecule has 0 unspecified atom stereocenters. The lowest BCUT2D eigenvalue weighted by Gasteiger charge is -2.23. The third kappa shape index (κ3) is 5.72. The van der Waals surface area contributed by atoms with E-state index in [9.17, 15) is 9.59 Å². The van der Waals surface area contributed by atoms with Gasteiger partial charge in [0.15, 0.2) is 0 Å².